The second-order valence-corrected chi connectivity index (χ2v) is 8.83. The Labute approximate surface area is 206 Å². The highest BCUT2D eigenvalue weighted by atomic mass is 16.5. The van der Waals surface area contributed by atoms with Gasteiger partial charge < -0.3 is 20.1 Å². The number of carbonyl (C=O) groups is 4. The van der Waals surface area contributed by atoms with E-state index in [1.807, 2.05) is 6.92 Å². The minimum absolute atomic E-state index is 0.000607. The predicted molar refractivity (Wildman–Crippen MR) is 133 cm³/mol. The first-order valence-electron chi connectivity index (χ1n) is 13.3. The van der Waals surface area contributed by atoms with Gasteiger partial charge in [-0.1, -0.05) is 52.9 Å². The Morgan fingerprint density at radius 2 is 1.53 bits per heavy atom. The summed E-state index contributed by atoms with van der Waals surface area (Å²) in [5.41, 5.74) is 0. The van der Waals surface area contributed by atoms with Crippen LogP contribution in [-0.4, -0.2) is 50.1 Å². The molecule has 2 atom stereocenters. The molecular formula is C26H48N2O6. The van der Waals surface area contributed by atoms with Gasteiger partial charge in [-0.25, -0.2) is 0 Å². The maximum absolute atomic E-state index is 12.5. The van der Waals surface area contributed by atoms with Gasteiger partial charge in [0, 0.05) is 13.0 Å². The third kappa shape index (κ3) is 17.4. The minimum atomic E-state index is -0.536. The highest BCUT2D eigenvalue weighted by Gasteiger charge is 2.20. The van der Waals surface area contributed by atoms with E-state index in [1.165, 1.54) is 0 Å². The molecule has 8 heteroatoms. The van der Waals surface area contributed by atoms with Gasteiger partial charge in [-0.3, -0.25) is 19.2 Å². The molecule has 0 aromatic carbocycles. The molecule has 2 amide bonds. The summed E-state index contributed by atoms with van der Waals surface area (Å²) in [6, 6.07) is -0.536. The zero-order chi connectivity index (χ0) is 25.4. The van der Waals surface area contributed by atoms with Crippen LogP contribution in [0.5, 0.6) is 0 Å². The Morgan fingerprint density at radius 3 is 2.21 bits per heavy atom. The molecule has 0 bridgehead atoms. The fourth-order valence-electron chi connectivity index (χ4n) is 3.74. The van der Waals surface area contributed by atoms with Gasteiger partial charge >= 0.3 is 5.97 Å². The van der Waals surface area contributed by atoms with Crippen LogP contribution in [0.2, 0.25) is 0 Å². The van der Waals surface area contributed by atoms with Gasteiger partial charge in [0.2, 0.25) is 11.8 Å². The average molecular weight is 485 g/mol. The average Bonchev–Trinajstić information content (AvgIpc) is 2.82. The molecule has 2 unspecified atom stereocenters. The van der Waals surface area contributed by atoms with Crippen molar-refractivity contribution < 1.29 is 28.7 Å². The lowest BCUT2D eigenvalue weighted by Crippen LogP contribution is -2.46. The van der Waals surface area contributed by atoms with E-state index in [-0.39, 0.29) is 23.7 Å². The third-order valence-electron chi connectivity index (χ3n) is 5.70. The van der Waals surface area contributed by atoms with Crippen LogP contribution < -0.4 is 10.6 Å². The molecule has 0 rings (SSSR count). The summed E-state index contributed by atoms with van der Waals surface area (Å²) in [6.07, 6.45) is 11.4. The normalized spacial score (nSPS) is 12.4. The smallest absolute Gasteiger partial charge is 0.308 e. The first-order chi connectivity index (χ1) is 16.5. The topological polar surface area (TPSA) is 111 Å². The van der Waals surface area contributed by atoms with Crippen molar-refractivity contribution in [3.05, 3.63) is 0 Å². The van der Waals surface area contributed by atoms with Crippen LogP contribution in [0.3, 0.4) is 0 Å². The maximum Gasteiger partial charge on any atom is 0.308 e. The van der Waals surface area contributed by atoms with Crippen molar-refractivity contribution in [1.29, 1.82) is 0 Å². The van der Waals surface area contributed by atoms with Crippen molar-refractivity contribution in [2.75, 3.05) is 19.8 Å². The Balaban J connectivity index is 4.11. The van der Waals surface area contributed by atoms with E-state index in [1.54, 1.807) is 0 Å². The van der Waals surface area contributed by atoms with E-state index < -0.39 is 6.04 Å². The summed E-state index contributed by atoms with van der Waals surface area (Å²) < 4.78 is 10.1. The van der Waals surface area contributed by atoms with Gasteiger partial charge in [0.25, 0.3) is 6.47 Å². The number of ether oxygens (including phenoxy) is 2. The number of hydrogen-bond acceptors (Lipinski definition) is 6. The second-order valence-electron chi connectivity index (χ2n) is 8.83. The lowest BCUT2D eigenvalue weighted by atomic mass is 9.97. The Bertz CT molecular complexity index is 555. The van der Waals surface area contributed by atoms with Crippen molar-refractivity contribution >= 4 is 24.3 Å². The molecule has 0 heterocycles. The first kappa shape index (κ1) is 31.9. The molecule has 2 N–H and O–H groups in total. The monoisotopic (exact) mass is 484 g/mol. The van der Waals surface area contributed by atoms with Crippen LogP contribution in [0, 0.1) is 5.92 Å². The van der Waals surface area contributed by atoms with E-state index >= 15 is 0 Å². The third-order valence-corrected chi connectivity index (χ3v) is 5.70. The number of nitrogens with one attached hydrogen (secondary N) is 2. The molecule has 0 saturated heterocycles. The molecule has 0 aliphatic carbocycles. The second kappa shape index (κ2) is 22.7. The maximum atomic E-state index is 12.5. The van der Waals surface area contributed by atoms with E-state index in [0.29, 0.717) is 58.3 Å². The van der Waals surface area contributed by atoms with Crippen LogP contribution in [0.4, 0.5) is 0 Å². The van der Waals surface area contributed by atoms with E-state index in [9.17, 15) is 19.2 Å². The van der Waals surface area contributed by atoms with Crippen molar-refractivity contribution in [3.8, 4) is 0 Å². The molecule has 0 saturated carbocycles. The molecule has 0 fully saturated rings. The molecule has 34 heavy (non-hydrogen) atoms. The first-order valence-corrected chi connectivity index (χ1v) is 13.3. The predicted octanol–water partition coefficient (Wildman–Crippen LogP) is 4.44. The summed E-state index contributed by atoms with van der Waals surface area (Å²) in [6.45, 7) is 7.86. The highest BCUT2D eigenvalue weighted by molar-refractivity contribution is 5.87. The van der Waals surface area contributed by atoms with Crippen LogP contribution in [-0.2, 0) is 28.7 Å². The summed E-state index contributed by atoms with van der Waals surface area (Å²) in [7, 11) is 0. The van der Waals surface area contributed by atoms with Gasteiger partial charge in [-0.15, -0.1) is 0 Å². The van der Waals surface area contributed by atoms with Crippen LogP contribution in [0.25, 0.3) is 0 Å². The fraction of sp³-hybridized carbons (Fsp3) is 0.846. The zero-order valence-electron chi connectivity index (χ0n) is 21.7. The number of hydrogen-bond donors (Lipinski definition) is 2. The number of rotatable bonds is 23. The zero-order valence-corrected chi connectivity index (χ0v) is 21.7. The van der Waals surface area contributed by atoms with E-state index in [2.05, 4.69) is 29.2 Å². The van der Waals surface area contributed by atoms with Crippen LogP contribution >= 0.6 is 0 Å². The van der Waals surface area contributed by atoms with Crippen LogP contribution in [0.15, 0.2) is 0 Å². The molecule has 0 aromatic rings. The fourth-order valence-corrected chi connectivity index (χ4v) is 3.74. The Hall–Kier alpha value is -2.12. The standard InChI is InChI=1S/C26H48N2O6/c1-4-7-9-16-22(14-5-2)26(32)34-20-13-11-18-27-25(31)23(15-6-3)28-24(30)17-10-8-12-19-33-21-29/h21-23H,4-20H2,1-3H3,(H,27,31)(H,28,30). The van der Waals surface area contributed by atoms with E-state index in [4.69, 9.17) is 4.74 Å². The van der Waals surface area contributed by atoms with Crippen molar-refractivity contribution in [2.24, 2.45) is 5.92 Å². The van der Waals surface area contributed by atoms with Gasteiger partial charge in [-0.2, -0.15) is 0 Å². The summed E-state index contributed by atoms with van der Waals surface area (Å²) in [5.74, 6) is -0.411. The molecule has 0 aliphatic heterocycles. The molecule has 198 valence electrons. The largest absolute Gasteiger partial charge is 0.468 e. The SMILES string of the molecule is CCCCCC(CCC)C(=O)OCCCCNC(=O)C(CCC)NC(=O)CCCCCOC=O. The molecule has 0 aliphatic rings. The van der Waals surface area contributed by atoms with Gasteiger partial charge in [0.15, 0.2) is 0 Å². The summed E-state index contributed by atoms with van der Waals surface area (Å²) in [5, 5.41) is 5.71. The van der Waals surface area contributed by atoms with E-state index in [0.717, 1.165) is 57.8 Å². The molecular weight excluding hydrogens is 436 g/mol. The molecule has 8 nitrogen and oxygen atoms in total. The lowest BCUT2D eigenvalue weighted by molar-refractivity contribution is -0.149. The van der Waals surface area contributed by atoms with Gasteiger partial charge in [0.1, 0.15) is 6.04 Å². The number of carbonyl (C=O) groups excluding carboxylic acids is 4. The van der Waals surface area contributed by atoms with Gasteiger partial charge in [0.05, 0.1) is 19.1 Å². The number of unbranched alkanes of at least 4 members (excludes halogenated alkanes) is 5. The number of esters is 1. The molecule has 0 aromatic heterocycles. The van der Waals surface area contributed by atoms with Crippen molar-refractivity contribution in [2.45, 2.75) is 117 Å². The summed E-state index contributed by atoms with van der Waals surface area (Å²) in [4.78, 5) is 47.1. The van der Waals surface area contributed by atoms with Crippen molar-refractivity contribution in [3.63, 3.8) is 0 Å². The highest BCUT2D eigenvalue weighted by Crippen LogP contribution is 2.17. The Kier molecular flexibility index (Phi) is 21.2. The summed E-state index contributed by atoms with van der Waals surface area (Å²) >= 11 is 0. The quantitative estimate of drug-likeness (QED) is 0.126. The van der Waals surface area contributed by atoms with Crippen LogP contribution in [0.1, 0.15) is 111 Å². The number of amides is 2. The molecule has 0 radical (unpaired) electrons. The molecule has 0 spiro atoms. The lowest BCUT2D eigenvalue weighted by Gasteiger charge is -2.18. The van der Waals surface area contributed by atoms with Gasteiger partial charge in [-0.05, 0) is 51.4 Å². The van der Waals surface area contributed by atoms with Crippen molar-refractivity contribution in [1.82, 2.24) is 10.6 Å². The minimum Gasteiger partial charge on any atom is -0.468 e. The Morgan fingerprint density at radius 1 is 0.794 bits per heavy atom.